The first-order valence-corrected chi connectivity index (χ1v) is 11.7. The normalized spacial score (nSPS) is 31.4. The number of methoxy groups -OCH3 is 1. The highest BCUT2D eigenvalue weighted by Gasteiger charge is 2.40. The summed E-state index contributed by atoms with van der Waals surface area (Å²) in [4.78, 5) is 11.5. The van der Waals surface area contributed by atoms with E-state index < -0.39 is 0 Å². The lowest BCUT2D eigenvalue weighted by atomic mass is 9.75. The number of hydrogen-bond acceptors (Lipinski definition) is 3. The summed E-state index contributed by atoms with van der Waals surface area (Å²) in [7, 11) is 1.43. The van der Waals surface area contributed by atoms with Crippen molar-refractivity contribution in [3.05, 3.63) is 34.9 Å². The van der Waals surface area contributed by atoms with E-state index in [9.17, 15) is 4.79 Å². The third-order valence-electron chi connectivity index (χ3n) is 7.46. The fourth-order valence-electron chi connectivity index (χ4n) is 5.82. The number of benzene rings is 1. The van der Waals surface area contributed by atoms with E-state index in [1.807, 2.05) is 0 Å². The van der Waals surface area contributed by atoms with Crippen LogP contribution >= 0.6 is 0 Å². The number of amides is 1. The highest BCUT2D eigenvalue weighted by molar-refractivity contribution is 5.67. The molecule has 4 unspecified atom stereocenters. The van der Waals surface area contributed by atoms with Crippen LogP contribution in [-0.2, 0) is 22.3 Å². The fraction of sp³-hybridized carbons (Fsp3) is 0.720. The lowest BCUT2D eigenvalue weighted by molar-refractivity contribution is -0.137. The minimum atomic E-state index is -0.309. The van der Waals surface area contributed by atoms with E-state index >= 15 is 0 Å². The van der Waals surface area contributed by atoms with E-state index in [0.717, 1.165) is 32.1 Å². The summed E-state index contributed by atoms with van der Waals surface area (Å²) >= 11 is 0. The Hall–Kier alpha value is -1.55. The summed E-state index contributed by atoms with van der Waals surface area (Å²) in [5, 5.41) is 2.97. The Morgan fingerprint density at radius 3 is 2.97 bits per heavy atom. The molecule has 1 aliphatic heterocycles. The van der Waals surface area contributed by atoms with E-state index in [4.69, 9.17) is 9.47 Å². The van der Waals surface area contributed by atoms with Gasteiger partial charge in [0.2, 0.25) is 0 Å². The Kier molecular flexibility index (Phi) is 6.48. The summed E-state index contributed by atoms with van der Waals surface area (Å²) < 4.78 is 11.5. The Labute approximate surface area is 175 Å². The second-order valence-corrected chi connectivity index (χ2v) is 9.51. The minimum absolute atomic E-state index is 0.0913. The molecule has 1 saturated heterocycles. The zero-order chi connectivity index (χ0) is 20.3. The Morgan fingerprint density at radius 1 is 1.24 bits per heavy atom. The number of rotatable bonds is 5. The number of carbonyl (C=O) groups excluding carboxylic acids is 1. The first kappa shape index (κ1) is 20.7. The van der Waals surface area contributed by atoms with E-state index in [0.29, 0.717) is 12.0 Å². The van der Waals surface area contributed by atoms with E-state index in [1.54, 1.807) is 0 Å². The highest BCUT2D eigenvalue weighted by atomic mass is 16.5. The molecule has 1 N–H and O–H groups in total. The van der Waals surface area contributed by atoms with E-state index in [1.165, 1.54) is 68.7 Å². The van der Waals surface area contributed by atoms with Crippen molar-refractivity contribution in [1.29, 1.82) is 0 Å². The molecule has 3 aliphatic rings. The maximum Gasteiger partial charge on any atom is 0.407 e. The molecule has 0 aromatic heterocycles. The maximum atomic E-state index is 11.5. The maximum absolute atomic E-state index is 11.5. The number of nitrogens with one attached hydrogen (secondary N) is 1. The number of ether oxygens (including phenoxy) is 2. The summed E-state index contributed by atoms with van der Waals surface area (Å²) in [6, 6.07) is 7.39. The van der Waals surface area contributed by atoms with Gasteiger partial charge in [-0.2, -0.15) is 0 Å². The SMILES string of the molecule is CCCCC1CCCC2(CCc3cc(C4CCC(NC(=O)OC)C4)ccc3C2)O1. The number of alkyl carbamates (subject to hydrolysis) is 1. The number of unbranched alkanes of at least 4 members (excludes halogenated alkanes) is 1. The van der Waals surface area contributed by atoms with Gasteiger partial charge in [-0.1, -0.05) is 38.0 Å². The fourth-order valence-corrected chi connectivity index (χ4v) is 5.82. The van der Waals surface area contributed by atoms with Gasteiger partial charge in [0, 0.05) is 12.5 Å². The molecular weight excluding hydrogens is 362 g/mol. The van der Waals surface area contributed by atoms with Crippen LogP contribution < -0.4 is 5.32 Å². The summed E-state index contributed by atoms with van der Waals surface area (Å²) in [6.07, 6.45) is 14.3. The average Bonchev–Trinajstić information content (AvgIpc) is 3.20. The van der Waals surface area contributed by atoms with Gasteiger partial charge in [0.25, 0.3) is 0 Å². The number of aryl methyl sites for hydroxylation is 1. The summed E-state index contributed by atoms with van der Waals surface area (Å²) in [5.74, 6) is 0.544. The zero-order valence-electron chi connectivity index (χ0n) is 18.2. The Balaban J connectivity index is 1.39. The Bertz CT molecular complexity index is 718. The topological polar surface area (TPSA) is 47.6 Å². The third-order valence-corrected chi connectivity index (χ3v) is 7.46. The smallest absolute Gasteiger partial charge is 0.407 e. The molecule has 1 aromatic carbocycles. The lowest BCUT2D eigenvalue weighted by Crippen LogP contribution is -2.45. The quantitative estimate of drug-likeness (QED) is 0.694. The van der Waals surface area contributed by atoms with Gasteiger partial charge in [-0.15, -0.1) is 0 Å². The molecule has 1 saturated carbocycles. The van der Waals surface area contributed by atoms with Crippen LogP contribution in [0.15, 0.2) is 18.2 Å². The zero-order valence-corrected chi connectivity index (χ0v) is 18.2. The molecule has 160 valence electrons. The van der Waals surface area contributed by atoms with Crippen LogP contribution in [0.2, 0.25) is 0 Å². The summed E-state index contributed by atoms with van der Waals surface area (Å²) in [5.41, 5.74) is 4.56. The number of fused-ring (bicyclic) bond motifs is 1. The van der Waals surface area contributed by atoms with E-state index in [-0.39, 0.29) is 17.7 Å². The van der Waals surface area contributed by atoms with Gasteiger partial charge in [-0.3, -0.25) is 0 Å². The minimum Gasteiger partial charge on any atom is -0.453 e. The molecule has 1 heterocycles. The van der Waals surface area contributed by atoms with Crippen molar-refractivity contribution in [3.63, 3.8) is 0 Å². The molecule has 1 amide bonds. The van der Waals surface area contributed by atoms with Gasteiger partial charge < -0.3 is 14.8 Å². The van der Waals surface area contributed by atoms with Crippen molar-refractivity contribution < 1.29 is 14.3 Å². The van der Waals surface area contributed by atoms with Gasteiger partial charge in [0.05, 0.1) is 18.8 Å². The molecule has 29 heavy (non-hydrogen) atoms. The van der Waals surface area contributed by atoms with Gasteiger partial charge >= 0.3 is 6.09 Å². The molecule has 2 aliphatic carbocycles. The van der Waals surface area contributed by atoms with Crippen LogP contribution in [0.3, 0.4) is 0 Å². The van der Waals surface area contributed by atoms with Gasteiger partial charge in [-0.05, 0) is 80.4 Å². The van der Waals surface area contributed by atoms with Crippen LogP contribution in [0, 0.1) is 0 Å². The van der Waals surface area contributed by atoms with Gasteiger partial charge in [0.1, 0.15) is 0 Å². The molecular formula is C25H37NO3. The van der Waals surface area contributed by atoms with Crippen molar-refractivity contribution in [3.8, 4) is 0 Å². The number of carbonyl (C=O) groups is 1. The van der Waals surface area contributed by atoms with Gasteiger partial charge in [-0.25, -0.2) is 4.79 Å². The second kappa shape index (κ2) is 9.07. The van der Waals surface area contributed by atoms with E-state index in [2.05, 4.69) is 30.4 Å². The lowest BCUT2D eigenvalue weighted by Gasteiger charge is -2.44. The first-order chi connectivity index (χ1) is 14.1. The predicted molar refractivity (Wildman–Crippen MR) is 115 cm³/mol. The second-order valence-electron chi connectivity index (χ2n) is 9.51. The van der Waals surface area contributed by atoms with Crippen LogP contribution in [0.25, 0.3) is 0 Å². The molecule has 4 rings (SSSR count). The van der Waals surface area contributed by atoms with Crippen molar-refractivity contribution in [2.75, 3.05) is 7.11 Å². The monoisotopic (exact) mass is 399 g/mol. The van der Waals surface area contributed by atoms with Gasteiger partial charge in [0.15, 0.2) is 0 Å². The standard InChI is InChI=1S/C25H37NO3/c1-3-4-6-23-7-5-13-25(29-23)14-12-20-15-18(8-9-21(20)17-25)19-10-11-22(16-19)26-24(27)28-2/h8-9,15,19,22-23H,3-7,10-14,16-17H2,1-2H3,(H,26,27). The van der Waals surface area contributed by atoms with Crippen molar-refractivity contribution >= 4 is 6.09 Å². The molecule has 4 atom stereocenters. The molecule has 4 nitrogen and oxygen atoms in total. The van der Waals surface area contributed by atoms with Crippen molar-refractivity contribution in [2.24, 2.45) is 0 Å². The van der Waals surface area contributed by atoms with Crippen LogP contribution in [0.1, 0.15) is 93.7 Å². The average molecular weight is 400 g/mol. The molecule has 1 aromatic rings. The molecule has 2 fully saturated rings. The van der Waals surface area contributed by atoms with Crippen LogP contribution in [0.4, 0.5) is 4.79 Å². The van der Waals surface area contributed by atoms with Crippen molar-refractivity contribution in [2.45, 2.75) is 108 Å². The largest absolute Gasteiger partial charge is 0.453 e. The van der Waals surface area contributed by atoms with Crippen LogP contribution in [-0.4, -0.2) is 30.9 Å². The first-order valence-electron chi connectivity index (χ1n) is 11.7. The summed E-state index contributed by atoms with van der Waals surface area (Å²) in [6.45, 7) is 2.27. The number of hydrogen-bond donors (Lipinski definition) is 1. The molecule has 0 bridgehead atoms. The van der Waals surface area contributed by atoms with Crippen molar-refractivity contribution in [1.82, 2.24) is 5.32 Å². The molecule has 1 spiro atoms. The third kappa shape index (κ3) is 4.79. The van der Waals surface area contributed by atoms with Crippen LogP contribution in [0.5, 0.6) is 0 Å². The predicted octanol–water partition coefficient (Wildman–Crippen LogP) is 5.67. The Morgan fingerprint density at radius 2 is 2.14 bits per heavy atom. The highest BCUT2D eigenvalue weighted by Crippen LogP contribution is 2.42. The molecule has 0 radical (unpaired) electrons. The molecule has 4 heteroatoms.